The van der Waals surface area contributed by atoms with Crippen LogP contribution in [0.1, 0.15) is 237 Å². The summed E-state index contributed by atoms with van der Waals surface area (Å²) in [5.74, 6) is 0.500. The lowest BCUT2D eigenvalue weighted by Crippen LogP contribution is -2.25. The standard InChI is InChI=1S/C52H80N4/c1-13-25-29-41-45-33(17-5)35(19-7)47(53-45)42(30-26-14-2)49-37(21-9)39(23-11)51(55-49)44(32-28-16-4)52-40(24-12)38(22-10)50(56-52)43(31-27-15-3)48-36(20-8)34(18-6)46(41)54-48/h41,44,53-54H,13-32H2,1-12H3/b49-42-,50-43-. The highest BCUT2D eigenvalue weighted by molar-refractivity contribution is 6.23. The van der Waals surface area contributed by atoms with Crippen LogP contribution in [0.2, 0.25) is 0 Å². The lowest BCUT2D eigenvalue weighted by Gasteiger charge is -2.21. The van der Waals surface area contributed by atoms with Crippen LogP contribution in [0, 0.1) is 5.92 Å². The van der Waals surface area contributed by atoms with Crippen LogP contribution in [0.3, 0.4) is 0 Å². The predicted molar refractivity (Wildman–Crippen MR) is 246 cm³/mol. The molecule has 0 radical (unpaired) electrons. The first-order chi connectivity index (χ1) is 27.3. The fourth-order valence-corrected chi connectivity index (χ4v) is 10.7. The van der Waals surface area contributed by atoms with Gasteiger partial charge in [0.15, 0.2) is 0 Å². The third-order valence-corrected chi connectivity index (χ3v) is 13.5. The van der Waals surface area contributed by atoms with Crippen molar-refractivity contribution in [3.63, 3.8) is 0 Å². The van der Waals surface area contributed by atoms with Crippen molar-refractivity contribution in [1.29, 1.82) is 0 Å². The smallest absolute Gasteiger partial charge is 0.0721 e. The van der Waals surface area contributed by atoms with Gasteiger partial charge in [-0.2, -0.15) is 0 Å². The summed E-state index contributed by atoms with van der Waals surface area (Å²) in [6.07, 6.45) is 22.0. The molecule has 0 unspecified atom stereocenters. The fraction of sp³-hybridized carbons (Fsp3) is 0.654. The lowest BCUT2D eigenvalue weighted by molar-refractivity contribution is 0.620. The van der Waals surface area contributed by atoms with Crippen molar-refractivity contribution in [2.45, 2.75) is 217 Å². The van der Waals surface area contributed by atoms with Crippen LogP contribution in [-0.4, -0.2) is 21.4 Å². The van der Waals surface area contributed by atoms with Crippen molar-refractivity contribution >= 4 is 22.6 Å². The van der Waals surface area contributed by atoms with E-state index in [1.165, 1.54) is 142 Å². The number of fused-ring (bicyclic) bond motifs is 6. The number of aromatic nitrogens is 2. The van der Waals surface area contributed by atoms with Gasteiger partial charge in [0.25, 0.3) is 0 Å². The Kier molecular flexibility index (Phi) is 16.1. The second-order valence-electron chi connectivity index (χ2n) is 16.7. The second-order valence-corrected chi connectivity index (χ2v) is 16.7. The molecule has 0 fully saturated rings. The minimum atomic E-state index is 0.205. The topological polar surface area (TPSA) is 56.3 Å². The summed E-state index contributed by atoms with van der Waals surface area (Å²) in [5, 5.41) is 0. The second kappa shape index (κ2) is 20.5. The molecule has 0 saturated heterocycles. The molecule has 56 heavy (non-hydrogen) atoms. The summed E-state index contributed by atoms with van der Waals surface area (Å²) in [6, 6.07) is 0. The molecule has 8 bridgehead atoms. The van der Waals surface area contributed by atoms with Crippen LogP contribution in [0.15, 0.2) is 43.7 Å². The molecular formula is C52H80N4. The van der Waals surface area contributed by atoms with E-state index in [0.29, 0.717) is 5.92 Å². The number of H-pyrrole nitrogens is 2. The summed E-state index contributed by atoms with van der Waals surface area (Å²) in [7, 11) is 0. The van der Waals surface area contributed by atoms with Gasteiger partial charge in [-0.25, -0.2) is 0 Å². The van der Waals surface area contributed by atoms with Crippen molar-refractivity contribution in [3.8, 4) is 0 Å². The zero-order valence-electron chi connectivity index (χ0n) is 38.2. The maximum atomic E-state index is 5.97. The molecule has 4 heteroatoms. The van der Waals surface area contributed by atoms with Gasteiger partial charge in [0.05, 0.1) is 22.8 Å². The van der Waals surface area contributed by atoms with Crippen LogP contribution in [-0.2, 0) is 25.7 Å². The van der Waals surface area contributed by atoms with Crippen molar-refractivity contribution in [1.82, 2.24) is 9.97 Å². The van der Waals surface area contributed by atoms with E-state index >= 15 is 0 Å². The van der Waals surface area contributed by atoms with Crippen molar-refractivity contribution in [2.24, 2.45) is 15.9 Å². The van der Waals surface area contributed by atoms with E-state index in [2.05, 4.69) is 93.1 Å². The average Bonchev–Trinajstić information content (AvgIpc) is 3.98. The van der Waals surface area contributed by atoms with E-state index in [4.69, 9.17) is 9.98 Å². The lowest BCUT2D eigenvalue weighted by atomic mass is 9.81. The van der Waals surface area contributed by atoms with Crippen LogP contribution in [0.4, 0.5) is 0 Å². The molecule has 0 amide bonds. The first-order valence-corrected chi connectivity index (χ1v) is 23.9. The molecule has 2 aromatic rings. The molecule has 0 aromatic carbocycles. The van der Waals surface area contributed by atoms with Crippen LogP contribution in [0.5, 0.6) is 0 Å². The maximum Gasteiger partial charge on any atom is 0.0721 e. The van der Waals surface area contributed by atoms with E-state index in [0.717, 1.165) is 77.0 Å². The summed E-state index contributed by atoms with van der Waals surface area (Å²) in [5.41, 5.74) is 26.0. The van der Waals surface area contributed by atoms with Crippen LogP contribution in [0.25, 0.3) is 11.1 Å². The number of rotatable bonds is 20. The van der Waals surface area contributed by atoms with E-state index in [1.54, 1.807) is 11.1 Å². The Balaban J connectivity index is 2.06. The molecule has 3 aliphatic rings. The van der Waals surface area contributed by atoms with E-state index < -0.39 is 0 Å². The molecular weight excluding hydrogens is 681 g/mol. The van der Waals surface area contributed by atoms with Crippen molar-refractivity contribution in [2.75, 3.05) is 0 Å². The minimum absolute atomic E-state index is 0.205. The summed E-state index contributed by atoms with van der Waals surface area (Å²) < 4.78 is 0. The quantitative estimate of drug-likeness (QED) is 0.135. The summed E-state index contributed by atoms with van der Waals surface area (Å²) in [4.78, 5) is 20.6. The van der Waals surface area contributed by atoms with E-state index in [9.17, 15) is 0 Å². The van der Waals surface area contributed by atoms with E-state index in [1.807, 2.05) is 0 Å². The fourth-order valence-electron chi connectivity index (χ4n) is 10.7. The number of nitrogens with one attached hydrogen (secondary N) is 2. The molecule has 3 aliphatic heterocycles. The molecule has 2 aromatic heterocycles. The van der Waals surface area contributed by atoms with Gasteiger partial charge in [0.2, 0.25) is 0 Å². The number of aliphatic imine (C=N–C) groups is 2. The first-order valence-electron chi connectivity index (χ1n) is 23.9. The van der Waals surface area contributed by atoms with Crippen molar-refractivity contribution < 1.29 is 0 Å². The zero-order valence-corrected chi connectivity index (χ0v) is 38.2. The molecule has 0 spiro atoms. The Morgan fingerprint density at radius 3 is 1.05 bits per heavy atom. The highest BCUT2D eigenvalue weighted by atomic mass is 14.9. The Labute approximate surface area is 343 Å². The molecule has 0 saturated carbocycles. The Hall–Kier alpha value is -3.14. The van der Waals surface area contributed by atoms with Crippen LogP contribution >= 0.6 is 0 Å². The van der Waals surface area contributed by atoms with Crippen molar-refractivity contribution in [3.05, 3.63) is 78.7 Å². The minimum Gasteiger partial charge on any atom is -0.358 e. The van der Waals surface area contributed by atoms with Crippen LogP contribution < -0.4 is 0 Å². The number of aromatic amines is 2. The average molecular weight is 761 g/mol. The number of hydrogen-bond donors (Lipinski definition) is 2. The van der Waals surface area contributed by atoms with E-state index in [-0.39, 0.29) is 5.92 Å². The van der Waals surface area contributed by atoms with Gasteiger partial charge >= 0.3 is 0 Å². The third-order valence-electron chi connectivity index (χ3n) is 13.5. The largest absolute Gasteiger partial charge is 0.358 e. The normalized spacial score (nSPS) is 21.2. The van der Waals surface area contributed by atoms with Gasteiger partial charge in [0, 0.05) is 45.8 Å². The maximum absolute atomic E-state index is 5.97. The molecule has 0 aliphatic carbocycles. The number of unbranched alkanes of at least 4 members (excludes halogenated alkanes) is 4. The molecule has 0 atom stereocenters. The van der Waals surface area contributed by atoms with Gasteiger partial charge in [-0.3, -0.25) is 9.98 Å². The van der Waals surface area contributed by atoms with Gasteiger partial charge < -0.3 is 9.97 Å². The molecule has 5 heterocycles. The summed E-state index contributed by atoms with van der Waals surface area (Å²) in [6.45, 7) is 28.5. The Bertz CT molecular complexity index is 1750. The zero-order chi connectivity index (χ0) is 40.5. The Morgan fingerprint density at radius 2 is 0.732 bits per heavy atom. The monoisotopic (exact) mass is 761 g/mol. The number of nitrogens with zero attached hydrogens (tertiary/aromatic N) is 2. The first kappa shape index (κ1) is 44.0. The molecule has 2 N–H and O–H groups in total. The third kappa shape index (κ3) is 8.11. The molecule has 5 rings (SSSR count). The van der Waals surface area contributed by atoms with Gasteiger partial charge in [-0.15, -0.1) is 0 Å². The Morgan fingerprint density at radius 1 is 0.375 bits per heavy atom. The summed E-state index contributed by atoms with van der Waals surface area (Å²) >= 11 is 0. The predicted octanol–water partition coefficient (Wildman–Crippen LogP) is 15.7. The number of allylic oxidation sites excluding steroid dienone is 6. The highest BCUT2D eigenvalue weighted by Crippen LogP contribution is 2.48. The SMILES string of the molecule is CCCC/C1=C2/N=C(C(CC)=C2CC)C(CCCC)C2=N/C(=C(/CCCC)c3[nH]c(c(CC)c3CC)C(CCCC)c3[nH]c1c(CC)c3CC)C(CC)=C2CC. The van der Waals surface area contributed by atoms with Gasteiger partial charge in [-0.05, 0) is 134 Å². The molecule has 4 nitrogen and oxygen atoms in total. The van der Waals surface area contributed by atoms with Gasteiger partial charge in [-0.1, -0.05) is 122 Å². The highest BCUT2D eigenvalue weighted by Gasteiger charge is 2.38. The number of hydrogen-bond acceptors (Lipinski definition) is 2. The molecule has 308 valence electrons. The van der Waals surface area contributed by atoms with Gasteiger partial charge in [0.1, 0.15) is 0 Å².